The summed E-state index contributed by atoms with van der Waals surface area (Å²) >= 11 is 0. The minimum Gasteiger partial charge on any atom is -0.508 e. The van der Waals surface area contributed by atoms with Crippen LogP contribution in [0.4, 0.5) is 0 Å². The first kappa shape index (κ1) is 13.6. The molecule has 0 aromatic heterocycles. The molecule has 1 fully saturated rings. The van der Waals surface area contributed by atoms with Crippen LogP contribution in [-0.4, -0.2) is 37.7 Å². The van der Waals surface area contributed by atoms with Crippen LogP contribution in [-0.2, 0) is 0 Å². The van der Waals surface area contributed by atoms with Crippen molar-refractivity contribution in [2.24, 2.45) is 0 Å². The second-order valence-electron chi connectivity index (χ2n) is 4.13. The van der Waals surface area contributed by atoms with Crippen LogP contribution < -0.4 is 0 Å². The minimum atomic E-state index is -0.441. The molecule has 2 atom stereocenters. The summed E-state index contributed by atoms with van der Waals surface area (Å²) in [5.41, 5.74) is 0. The Kier molecular flexibility index (Phi) is 5.06. The molecule has 2 rings (SSSR count). The number of benzene rings is 1. The van der Waals surface area contributed by atoms with Crippen LogP contribution >= 0.6 is 0 Å². The standard InChI is InChI=1S/C6H6O3.C6H12O2/c7-4-1-5(8)3-6(9)2-4;7-5-3-1-2-4-6(5)8/h1-3,7-9H;5-8H,1-4H2. The van der Waals surface area contributed by atoms with Gasteiger partial charge in [0.25, 0.3) is 0 Å². The van der Waals surface area contributed by atoms with Gasteiger partial charge in [0, 0.05) is 18.2 Å². The third-order valence-electron chi connectivity index (χ3n) is 2.58. The van der Waals surface area contributed by atoms with Gasteiger partial charge in [0.05, 0.1) is 12.2 Å². The predicted molar refractivity (Wildman–Crippen MR) is 61.9 cm³/mol. The highest BCUT2D eigenvalue weighted by Gasteiger charge is 2.19. The maximum absolute atomic E-state index is 8.93. The van der Waals surface area contributed by atoms with Gasteiger partial charge >= 0.3 is 0 Å². The van der Waals surface area contributed by atoms with E-state index in [1.807, 2.05) is 0 Å². The molecule has 0 spiro atoms. The number of aliphatic hydroxyl groups excluding tert-OH is 2. The fourth-order valence-corrected chi connectivity index (χ4v) is 1.67. The van der Waals surface area contributed by atoms with Crippen molar-refractivity contribution in [3.63, 3.8) is 0 Å². The van der Waals surface area contributed by atoms with Gasteiger partial charge in [-0.25, -0.2) is 0 Å². The lowest BCUT2D eigenvalue weighted by Crippen LogP contribution is -2.28. The number of aromatic hydroxyl groups is 3. The molecule has 2 unspecified atom stereocenters. The van der Waals surface area contributed by atoms with Crippen LogP contribution in [0.2, 0.25) is 0 Å². The third kappa shape index (κ3) is 4.93. The molecular formula is C12H18O5. The van der Waals surface area contributed by atoms with Crippen molar-refractivity contribution < 1.29 is 25.5 Å². The van der Waals surface area contributed by atoms with Crippen LogP contribution in [0.15, 0.2) is 18.2 Å². The molecular weight excluding hydrogens is 224 g/mol. The monoisotopic (exact) mass is 242 g/mol. The number of rotatable bonds is 0. The van der Waals surface area contributed by atoms with Crippen LogP contribution in [0, 0.1) is 0 Å². The highest BCUT2D eigenvalue weighted by molar-refractivity contribution is 5.39. The van der Waals surface area contributed by atoms with Gasteiger partial charge in [0.15, 0.2) is 0 Å². The average molecular weight is 242 g/mol. The number of aliphatic hydroxyl groups is 2. The summed E-state index contributed by atoms with van der Waals surface area (Å²) in [6, 6.07) is 3.42. The Bertz CT molecular complexity index is 292. The van der Waals surface area contributed by atoms with Gasteiger partial charge in [-0.05, 0) is 12.8 Å². The minimum absolute atomic E-state index is 0.146. The van der Waals surface area contributed by atoms with E-state index in [4.69, 9.17) is 25.5 Å². The van der Waals surface area contributed by atoms with E-state index in [2.05, 4.69) is 0 Å². The molecule has 0 saturated heterocycles. The van der Waals surface area contributed by atoms with E-state index in [9.17, 15) is 0 Å². The Morgan fingerprint density at radius 3 is 1.24 bits per heavy atom. The van der Waals surface area contributed by atoms with Crippen molar-refractivity contribution in [2.45, 2.75) is 37.9 Å². The number of phenolic OH excluding ortho intramolecular Hbond substituents is 3. The highest BCUT2D eigenvalue weighted by atomic mass is 16.3. The zero-order valence-electron chi connectivity index (χ0n) is 9.45. The summed E-state index contributed by atoms with van der Waals surface area (Å²) in [7, 11) is 0. The lowest BCUT2D eigenvalue weighted by atomic mass is 9.95. The molecule has 0 aliphatic heterocycles. The summed E-state index contributed by atoms with van der Waals surface area (Å²) in [6.07, 6.45) is 2.81. The van der Waals surface area contributed by atoms with E-state index >= 15 is 0 Å². The molecule has 5 nitrogen and oxygen atoms in total. The fourth-order valence-electron chi connectivity index (χ4n) is 1.67. The van der Waals surface area contributed by atoms with Crippen molar-refractivity contribution in [1.29, 1.82) is 0 Å². The molecule has 5 heteroatoms. The van der Waals surface area contributed by atoms with Crippen molar-refractivity contribution >= 4 is 0 Å². The van der Waals surface area contributed by atoms with E-state index in [1.54, 1.807) is 0 Å². The molecule has 0 radical (unpaired) electrons. The van der Waals surface area contributed by atoms with E-state index in [0.29, 0.717) is 0 Å². The number of phenols is 3. The van der Waals surface area contributed by atoms with Gasteiger partial charge in [0.1, 0.15) is 17.2 Å². The Morgan fingerprint density at radius 1 is 0.706 bits per heavy atom. The van der Waals surface area contributed by atoms with E-state index < -0.39 is 12.2 Å². The Balaban J connectivity index is 0.000000171. The molecule has 1 aliphatic carbocycles. The summed E-state index contributed by atoms with van der Waals surface area (Å²) in [6.45, 7) is 0. The second-order valence-corrected chi connectivity index (χ2v) is 4.13. The van der Waals surface area contributed by atoms with Crippen LogP contribution in [0.5, 0.6) is 17.2 Å². The Morgan fingerprint density at radius 2 is 1.00 bits per heavy atom. The van der Waals surface area contributed by atoms with Crippen molar-refractivity contribution in [3.8, 4) is 17.2 Å². The highest BCUT2D eigenvalue weighted by Crippen LogP contribution is 2.23. The molecule has 1 aromatic carbocycles. The lowest BCUT2D eigenvalue weighted by Gasteiger charge is -2.22. The van der Waals surface area contributed by atoms with E-state index in [0.717, 1.165) is 43.9 Å². The molecule has 96 valence electrons. The quantitative estimate of drug-likeness (QED) is 0.468. The molecule has 0 amide bonds. The lowest BCUT2D eigenvalue weighted by molar-refractivity contribution is -0.00865. The molecule has 5 N–H and O–H groups in total. The van der Waals surface area contributed by atoms with E-state index in [1.165, 1.54) is 0 Å². The Labute approximate surface area is 99.6 Å². The first-order valence-corrected chi connectivity index (χ1v) is 5.57. The molecule has 1 aromatic rings. The van der Waals surface area contributed by atoms with Gasteiger partial charge in [-0.1, -0.05) is 12.8 Å². The maximum atomic E-state index is 8.93. The SMILES string of the molecule is OC1CCCCC1O.Oc1cc(O)cc(O)c1. The third-order valence-corrected chi connectivity index (χ3v) is 2.58. The molecule has 0 bridgehead atoms. The normalized spacial score (nSPS) is 23.6. The molecule has 0 heterocycles. The first-order valence-electron chi connectivity index (χ1n) is 5.57. The van der Waals surface area contributed by atoms with Crippen LogP contribution in [0.1, 0.15) is 25.7 Å². The van der Waals surface area contributed by atoms with Crippen molar-refractivity contribution in [3.05, 3.63) is 18.2 Å². The molecule has 1 saturated carbocycles. The smallest absolute Gasteiger partial charge is 0.122 e. The van der Waals surface area contributed by atoms with Crippen LogP contribution in [0.3, 0.4) is 0 Å². The second kappa shape index (κ2) is 6.32. The summed E-state index contributed by atoms with van der Waals surface area (Å²) in [4.78, 5) is 0. The van der Waals surface area contributed by atoms with Gasteiger partial charge in [-0.15, -0.1) is 0 Å². The molecule has 1 aliphatic rings. The topological polar surface area (TPSA) is 101 Å². The summed E-state index contributed by atoms with van der Waals surface area (Å²) < 4.78 is 0. The molecule has 17 heavy (non-hydrogen) atoms. The number of hydrogen-bond donors (Lipinski definition) is 5. The average Bonchev–Trinajstić information content (AvgIpc) is 2.21. The van der Waals surface area contributed by atoms with Gasteiger partial charge < -0.3 is 25.5 Å². The summed E-state index contributed by atoms with van der Waals surface area (Å²) in [5, 5.41) is 43.9. The predicted octanol–water partition coefficient (Wildman–Crippen LogP) is 1.09. The van der Waals surface area contributed by atoms with Crippen LogP contribution in [0.25, 0.3) is 0 Å². The van der Waals surface area contributed by atoms with Gasteiger partial charge in [-0.2, -0.15) is 0 Å². The Hall–Kier alpha value is -1.46. The first-order chi connectivity index (χ1) is 7.99. The number of hydrogen-bond acceptors (Lipinski definition) is 5. The fraction of sp³-hybridized carbons (Fsp3) is 0.500. The summed E-state index contributed by atoms with van der Waals surface area (Å²) in [5.74, 6) is -0.437. The largest absolute Gasteiger partial charge is 0.508 e. The van der Waals surface area contributed by atoms with E-state index in [-0.39, 0.29) is 17.2 Å². The van der Waals surface area contributed by atoms with Crippen molar-refractivity contribution in [2.75, 3.05) is 0 Å². The maximum Gasteiger partial charge on any atom is 0.122 e. The van der Waals surface area contributed by atoms with Gasteiger partial charge in [0.2, 0.25) is 0 Å². The van der Waals surface area contributed by atoms with Crippen molar-refractivity contribution in [1.82, 2.24) is 0 Å². The zero-order valence-corrected chi connectivity index (χ0v) is 9.45. The van der Waals surface area contributed by atoms with Gasteiger partial charge in [-0.3, -0.25) is 0 Å². The zero-order chi connectivity index (χ0) is 12.8.